The maximum atomic E-state index is 12.2. The first-order valence-corrected chi connectivity index (χ1v) is 9.27. The van der Waals surface area contributed by atoms with Gasteiger partial charge >= 0.3 is 12.1 Å². The van der Waals surface area contributed by atoms with Crippen LogP contribution in [0.15, 0.2) is 54.6 Å². The topological polar surface area (TPSA) is 93.7 Å². The van der Waals surface area contributed by atoms with E-state index in [0.717, 1.165) is 11.1 Å². The van der Waals surface area contributed by atoms with Crippen molar-refractivity contribution in [2.24, 2.45) is 0 Å². The van der Waals surface area contributed by atoms with Gasteiger partial charge in [-0.1, -0.05) is 42.5 Å². The molecule has 0 spiro atoms. The van der Waals surface area contributed by atoms with Gasteiger partial charge in [-0.15, -0.1) is 0 Å². The van der Waals surface area contributed by atoms with Crippen LogP contribution in [0.5, 0.6) is 0 Å². The molecule has 29 heavy (non-hydrogen) atoms. The van der Waals surface area contributed by atoms with Crippen LogP contribution >= 0.6 is 0 Å². The van der Waals surface area contributed by atoms with Gasteiger partial charge in [0.25, 0.3) is 5.91 Å². The van der Waals surface area contributed by atoms with Crippen molar-refractivity contribution in [3.63, 3.8) is 0 Å². The molecule has 0 heterocycles. The minimum atomic E-state index is -0.568. The maximum absolute atomic E-state index is 12.2. The van der Waals surface area contributed by atoms with E-state index < -0.39 is 29.5 Å². The number of carbonyl (C=O) groups is 3. The number of rotatable bonds is 5. The number of amides is 2. The van der Waals surface area contributed by atoms with Crippen molar-refractivity contribution < 1.29 is 24.0 Å². The maximum Gasteiger partial charge on any atom is 0.407 e. The number of hydroxylamine groups is 1. The van der Waals surface area contributed by atoms with Crippen molar-refractivity contribution in [3.8, 4) is 0 Å². The molecular weight excluding hydrogens is 372 g/mol. The van der Waals surface area contributed by atoms with Crippen LogP contribution in [0.4, 0.5) is 4.79 Å². The highest BCUT2D eigenvalue weighted by Gasteiger charge is 2.18. The Hall–Kier alpha value is -3.35. The summed E-state index contributed by atoms with van der Waals surface area (Å²) >= 11 is 0. The van der Waals surface area contributed by atoms with E-state index in [4.69, 9.17) is 9.57 Å². The van der Waals surface area contributed by atoms with Gasteiger partial charge < -0.3 is 14.9 Å². The normalized spacial score (nSPS) is 11.9. The summed E-state index contributed by atoms with van der Waals surface area (Å²) in [7, 11) is 0. The van der Waals surface area contributed by atoms with E-state index in [1.54, 1.807) is 52.0 Å². The number of ether oxygens (including phenoxy) is 1. The van der Waals surface area contributed by atoms with Crippen molar-refractivity contribution in [2.45, 2.75) is 45.8 Å². The summed E-state index contributed by atoms with van der Waals surface area (Å²) < 4.78 is 5.16. The third-order valence-corrected chi connectivity index (χ3v) is 3.95. The van der Waals surface area contributed by atoms with Crippen LogP contribution in [0.3, 0.4) is 0 Å². The van der Waals surface area contributed by atoms with E-state index >= 15 is 0 Å². The lowest BCUT2D eigenvalue weighted by Gasteiger charge is -2.19. The molecule has 2 N–H and O–H groups in total. The van der Waals surface area contributed by atoms with E-state index in [-0.39, 0.29) is 6.54 Å². The lowest BCUT2D eigenvalue weighted by molar-refractivity contribution is -0.150. The third-order valence-electron chi connectivity index (χ3n) is 3.95. The Morgan fingerprint density at radius 1 is 0.966 bits per heavy atom. The van der Waals surface area contributed by atoms with Gasteiger partial charge in [-0.25, -0.2) is 9.59 Å². The molecule has 2 rings (SSSR count). The lowest BCUT2D eigenvalue weighted by atomic mass is 10.0. The number of alkyl carbamates (subject to hydrolysis) is 1. The molecule has 1 unspecified atom stereocenters. The van der Waals surface area contributed by atoms with Gasteiger partial charge in [0.2, 0.25) is 0 Å². The molecule has 0 aliphatic rings. The largest absolute Gasteiger partial charge is 0.444 e. The Kier molecular flexibility index (Phi) is 7.36. The second kappa shape index (κ2) is 9.73. The summed E-state index contributed by atoms with van der Waals surface area (Å²) in [6.45, 7) is 7.32. The molecule has 2 amide bonds. The van der Waals surface area contributed by atoms with E-state index in [9.17, 15) is 14.4 Å². The molecule has 0 aromatic heterocycles. The zero-order valence-corrected chi connectivity index (χ0v) is 17.0. The van der Waals surface area contributed by atoms with Crippen LogP contribution < -0.4 is 10.8 Å². The molecule has 0 bridgehead atoms. The zero-order valence-electron chi connectivity index (χ0n) is 17.0. The molecule has 0 aliphatic heterocycles. The first-order chi connectivity index (χ1) is 13.7. The SMILES string of the molecule is CC(C(=O)ONC(=O)c1ccc(CNC(=O)OC(C)(C)C)cc1)c1ccccc1. The predicted octanol–water partition coefficient (Wildman–Crippen LogP) is 3.70. The fraction of sp³-hybridized carbons (Fsp3) is 0.318. The summed E-state index contributed by atoms with van der Waals surface area (Å²) in [5.74, 6) is -1.59. The third kappa shape index (κ3) is 7.29. The first-order valence-electron chi connectivity index (χ1n) is 9.27. The van der Waals surface area contributed by atoms with E-state index in [0.29, 0.717) is 5.56 Å². The van der Waals surface area contributed by atoms with Crippen LogP contribution in [-0.4, -0.2) is 23.6 Å². The molecule has 0 radical (unpaired) electrons. The predicted molar refractivity (Wildman–Crippen MR) is 108 cm³/mol. The fourth-order valence-electron chi connectivity index (χ4n) is 2.38. The smallest absolute Gasteiger partial charge is 0.407 e. The molecule has 0 aliphatic carbocycles. The van der Waals surface area contributed by atoms with Crippen molar-refractivity contribution in [1.82, 2.24) is 10.8 Å². The Morgan fingerprint density at radius 3 is 2.17 bits per heavy atom. The van der Waals surface area contributed by atoms with Crippen LogP contribution in [0.1, 0.15) is 55.1 Å². The zero-order chi connectivity index (χ0) is 21.4. The number of nitrogens with one attached hydrogen (secondary N) is 2. The van der Waals surface area contributed by atoms with Gasteiger partial charge in [0.1, 0.15) is 5.60 Å². The molecular formula is C22H26N2O5. The molecule has 7 heteroatoms. The van der Waals surface area contributed by atoms with Crippen LogP contribution in [-0.2, 0) is 20.9 Å². The molecule has 0 saturated carbocycles. The van der Waals surface area contributed by atoms with Crippen molar-refractivity contribution in [1.29, 1.82) is 0 Å². The minimum Gasteiger partial charge on any atom is -0.444 e. The monoisotopic (exact) mass is 398 g/mol. The number of hydrogen-bond acceptors (Lipinski definition) is 5. The van der Waals surface area contributed by atoms with Crippen molar-refractivity contribution in [2.75, 3.05) is 0 Å². The summed E-state index contributed by atoms with van der Waals surface area (Å²) in [5.41, 5.74) is 3.52. The highest BCUT2D eigenvalue weighted by atomic mass is 16.7. The molecule has 7 nitrogen and oxygen atoms in total. The second-order valence-corrected chi connectivity index (χ2v) is 7.54. The van der Waals surface area contributed by atoms with Gasteiger partial charge in [-0.05, 0) is 51.0 Å². The van der Waals surface area contributed by atoms with Gasteiger partial charge in [-0.3, -0.25) is 4.79 Å². The molecule has 2 aromatic rings. The first kappa shape index (κ1) is 21.9. The summed E-state index contributed by atoms with van der Waals surface area (Å²) in [5, 5.41) is 2.64. The summed E-state index contributed by atoms with van der Waals surface area (Å²) in [6.07, 6.45) is -0.515. The van der Waals surface area contributed by atoms with Gasteiger partial charge in [0, 0.05) is 12.1 Å². The fourth-order valence-corrected chi connectivity index (χ4v) is 2.38. The van der Waals surface area contributed by atoms with Crippen LogP contribution in [0, 0.1) is 0 Å². The van der Waals surface area contributed by atoms with E-state index in [1.165, 1.54) is 0 Å². The molecule has 0 fully saturated rings. The molecule has 2 aromatic carbocycles. The van der Waals surface area contributed by atoms with Crippen molar-refractivity contribution in [3.05, 3.63) is 71.3 Å². The summed E-state index contributed by atoms with van der Waals surface area (Å²) in [6, 6.07) is 15.7. The molecule has 1 atom stereocenters. The van der Waals surface area contributed by atoms with E-state index in [1.807, 2.05) is 30.3 Å². The minimum absolute atomic E-state index is 0.264. The Morgan fingerprint density at radius 2 is 1.59 bits per heavy atom. The molecule has 0 saturated heterocycles. The number of carbonyl (C=O) groups excluding carboxylic acids is 3. The van der Waals surface area contributed by atoms with Crippen LogP contribution in [0.2, 0.25) is 0 Å². The van der Waals surface area contributed by atoms with Crippen molar-refractivity contribution >= 4 is 18.0 Å². The highest BCUT2D eigenvalue weighted by molar-refractivity contribution is 5.94. The average molecular weight is 398 g/mol. The van der Waals surface area contributed by atoms with Crippen LogP contribution in [0.25, 0.3) is 0 Å². The average Bonchev–Trinajstić information content (AvgIpc) is 2.69. The Labute approximate surface area is 170 Å². The Balaban J connectivity index is 1.82. The Bertz CT molecular complexity index is 842. The van der Waals surface area contributed by atoms with E-state index in [2.05, 4.69) is 10.8 Å². The van der Waals surface area contributed by atoms with Gasteiger partial charge in [0.05, 0.1) is 5.92 Å². The number of hydrogen-bond donors (Lipinski definition) is 2. The lowest BCUT2D eigenvalue weighted by Crippen LogP contribution is -2.32. The second-order valence-electron chi connectivity index (χ2n) is 7.54. The quantitative estimate of drug-likeness (QED) is 0.749. The standard InChI is InChI=1S/C22H26N2O5/c1-15(17-8-6-5-7-9-17)20(26)29-24-19(25)18-12-10-16(11-13-18)14-23-21(27)28-22(2,3)4/h5-13,15H,14H2,1-4H3,(H,23,27)(H,24,25). The number of benzene rings is 2. The van der Waals surface area contributed by atoms with Gasteiger partial charge in [0.15, 0.2) is 0 Å². The summed E-state index contributed by atoms with van der Waals surface area (Å²) in [4.78, 5) is 40.8. The molecule has 154 valence electrons. The highest BCUT2D eigenvalue weighted by Crippen LogP contribution is 2.15. The van der Waals surface area contributed by atoms with Gasteiger partial charge in [-0.2, -0.15) is 5.48 Å².